The fourth-order valence-corrected chi connectivity index (χ4v) is 4.74. The van der Waals surface area contributed by atoms with Crippen LogP contribution in [0.15, 0.2) is 27.6 Å². The third kappa shape index (κ3) is 4.32. The summed E-state index contributed by atoms with van der Waals surface area (Å²) < 4.78 is 44.6. The van der Waals surface area contributed by atoms with Crippen LogP contribution in [0.4, 0.5) is 24.7 Å². The maximum Gasteiger partial charge on any atom is 0.341 e. The van der Waals surface area contributed by atoms with Crippen molar-refractivity contribution in [2.75, 3.05) is 23.7 Å². The highest BCUT2D eigenvalue weighted by Crippen LogP contribution is 2.39. The van der Waals surface area contributed by atoms with E-state index < -0.39 is 46.0 Å². The zero-order valence-electron chi connectivity index (χ0n) is 17.9. The monoisotopic (exact) mass is 561 g/mol. The predicted octanol–water partition coefficient (Wildman–Crippen LogP) is 3.45. The SMILES string of the molecule is CC(C)NC1CN(c2c(F)cc3c(=O)c(C(=O)O)cn(-c4nc(N)c(F)cc4F)c3c2Br)C1.Cl. The number of carboxylic acid groups (broad SMARTS) is 1. The number of nitrogens with one attached hydrogen (secondary N) is 1. The first-order chi connectivity index (χ1) is 15.5. The van der Waals surface area contributed by atoms with Gasteiger partial charge in [0.1, 0.15) is 11.4 Å². The normalized spacial score (nSPS) is 13.8. The molecule has 0 saturated carbocycles. The second-order valence-electron chi connectivity index (χ2n) is 8.05. The van der Waals surface area contributed by atoms with Gasteiger partial charge in [-0.2, -0.15) is 0 Å². The molecular weight excluding hydrogens is 543 g/mol. The average Bonchev–Trinajstić information content (AvgIpc) is 2.69. The molecule has 0 radical (unpaired) electrons. The maximum atomic E-state index is 15.1. The molecule has 13 heteroatoms. The van der Waals surface area contributed by atoms with E-state index >= 15 is 4.39 Å². The number of hydrogen-bond donors (Lipinski definition) is 3. The molecule has 4 rings (SSSR count). The molecule has 2 aromatic heterocycles. The lowest BCUT2D eigenvalue weighted by atomic mass is 10.0. The Morgan fingerprint density at radius 1 is 1.24 bits per heavy atom. The van der Waals surface area contributed by atoms with Gasteiger partial charge in [-0.3, -0.25) is 9.36 Å². The molecule has 0 bridgehead atoms. The second-order valence-corrected chi connectivity index (χ2v) is 8.84. The van der Waals surface area contributed by atoms with Crippen LogP contribution in [-0.4, -0.2) is 45.8 Å². The number of nitrogens with two attached hydrogens (primary N) is 1. The van der Waals surface area contributed by atoms with Crippen molar-refractivity contribution in [3.63, 3.8) is 0 Å². The number of anilines is 2. The molecule has 182 valence electrons. The van der Waals surface area contributed by atoms with Crippen LogP contribution in [0.3, 0.4) is 0 Å². The fourth-order valence-electron chi connectivity index (χ4n) is 3.89. The van der Waals surface area contributed by atoms with Gasteiger partial charge in [0, 0.05) is 37.4 Å². The molecule has 1 saturated heterocycles. The smallest absolute Gasteiger partial charge is 0.341 e. The summed E-state index contributed by atoms with van der Waals surface area (Å²) in [5, 5.41) is 12.5. The molecule has 34 heavy (non-hydrogen) atoms. The van der Waals surface area contributed by atoms with Crippen molar-refractivity contribution in [1.82, 2.24) is 14.9 Å². The van der Waals surface area contributed by atoms with Crippen molar-refractivity contribution in [2.24, 2.45) is 0 Å². The largest absolute Gasteiger partial charge is 0.477 e. The van der Waals surface area contributed by atoms with Gasteiger partial charge in [-0.1, -0.05) is 13.8 Å². The maximum absolute atomic E-state index is 15.1. The molecule has 0 unspecified atom stereocenters. The Balaban J connectivity index is 0.00000324. The summed E-state index contributed by atoms with van der Waals surface area (Å²) in [5.41, 5.74) is 3.89. The van der Waals surface area contributed by atoms with Gasteiger partial charge in [-0.05, 0) is 22.0 Å². The number of carbonyl (C=O) groups is 1. The van der Waals surface area contributed by atoms with Crippen molar-refractivity contribution >= 4 is 56.7 Å². The first-order valence-electron chi connectivity index (χ1n) is 9.93. The molecule has 1 aromatic carbocycles. The van der Waals surface area contributed by atoms with E-state index in [1.165, 1.54) is 0 Å². The van der Waals surface area contributed by atoms with Crippen LogP contribution in [0.25, 0.3) is 16.7 Å². The molecule has 0 atom stereocenters. The zero-order chi connectivity index (χ0) is 24.2. The number of nitrogens with zero attached hydrogens (tertiary/aromatic N) is 3. The van der Waals surface area contributed by atoms with Gasteiger partial charge < -0.3 is 21.1 Å². The van der Waals surface area contributed by atoms with E-state index in [4.69, 9.17) is 5.73 Å². The molecule has 3 heterocycles. The summed E-state index contributed by atoms with van der Waals surface area (Å²) in [7, 11) is 0. The number of carboxylic acids is 1. The van der Waals surface area contributed by atoms with E-state index in [0.717, 1.165) is 16.8 Å². The molecule has 1 aliphatic heterocycles. The van der Waals surface area contributed by atoms with Crippen LogP contribution >= 0.6 is 28.3 Å². The minimum absolute atomic E-state index is 0. The number of aromatic carboxylic acids is 1. The highest BCUT2D eigenvalue weighted by Gasteiger charge is 2.32. The summed E-state index contributed by atoms with van der Waals surface area (Å²) in [6.07, 6.45) is 0.863. The molecule has 0 spiro atoms. The zero-order valence-corrected chi connectivity index (χ0v) is 20.3. The summed E-state index contributed by atoms with van der Waals surface area (Å²) in [6.45, 7) is 4.94. The molecule has 0 amide bonds. The Bertz CT molecular complexity index is 1360. The molecule has 4 N–H and O–H groups in total. The van der Waals surface area contributed by atoms with Gasteiger partial charge in [0.2, 0.25) is 5.43 Å². The van der Waals surface area contributed by atoms with Gasteiger partial charge >= 0.3 is 5.97 Å². The van der Waals surface area contributed by atoms with Gasteiger partial charge in [-0.15, -0.1) is 12.4 Å². The molecular formula is C21H20BrClF3N5O3. The third-order valence-electron chi connectivity index (χ3n) is 5.32. The highest BCUT2D eigenvalue weighted by molar-refractivity contribution is 9.10. The van der Waals surface area contributed by atoms with Gasteiger partial charge in [-0.25, -0.2) is 22.9 Å². The van der Waals surface area contributed by atoms with E-state index in [-0.39, 0.29) is 45.6 Å². The first-order valence-corrected chi connectivity index (χ1v) is 10.7. The summed E-state index contributed by atoms with van der Waals surface area (Å²) >= 11 is 3.32. The van der Waals surface area contributed by atoms with Crippen LogP contribution in [0.5, 0.6) is 0 Å². The van der Waals surface area contributed by atoms with Gasteiger partial charge in [0.25, 0.3) is 0 Å². The van der Waals surface area contributed by atoms with Crippen molar-refractivity contribution in [3.05, 3.63) is 56.0 Å². The van der Waals surface area contributed by atoms with Crippen LogP contribution in [-0.2, 0) is 0 Å². The summed E-state index contributed by atoms with van der Waals surface area (Å²) in [6, 6.07) is 1.77. The molecule has 3 aromatic rings. The molecule has 0 aliphatic carbocycles. The number of fused-ring (bicyclic) bond motifs is 1. The number of rotatable bonds is 5. The van der Waals surface area contributed by atoms with Crippen molar-refractivity contribution < 1.29 is 23.1 Å². The number of halogens is 5. The van der Waals surface area contributed by atoms with E-state index in [2.05, 4.69) is 26.2 Å². The average molecular weight is 563 g/mol. The predicted molar refractivity (Wildman–Crippen MR) is 128 cm³/mol. The minimum Gasteiger partial charge on any atom is -0.477 e. The number of benzene rings is 1. The lowest BCUT2D eigenvalue weighted by Crippen LogP contribution is -2.59. The fraction of sp³-hybridized carbons (Fsp3) is 0.286. The van der Waals surface area contributed by atoms with Crippen molar-refractivity contribution in [1.29, 1.82) is 0 Å². The Kier molecular flexibility index (Phi) is 7.15. The van der Waals surface area contributed by atoms with Crippen LogP contribution in [0.2, 0.25) is 0 Å². The van der Waals surface area contributed by atoms with E-state index in [1.807, 2.05) is 13.8 Å². The topological polar surface area (TPSA) is 113 Å². The summed E-state index contributed by atoms with van der Waals surface area (Å²) in [5.74, 6) is -5.77. The Hall–Kier alpha value is -2.83. The van der Waals surface area contributed by atoms with Crippen molar-refractivity contribution in [2.45, 2.75) is 25.9 Å². The molecule has 1 aliphatic rings. The number of pyridine rings is 2. The quantitative estimate of drug-likeness (QED) is 0.437. The number of nitrogen functional groups attached to an aromatic ring is 1. The van der Waals surface area contributed by atoms with E-state index in [9.17, 15) is 23.5 Å². The minimum atomic E-state index is -1.60. The Labute approximate surface area is 206 Å². The van der Waals surface area contributed by atoms with Crippen LogP contribution in [0, 0.1) is 17.5 Å². The number of hydrogen-bond acceptors (Lipinski definition) is 6. The van der Waals surface area contributed by atoms with Gasteiger partial charge in [0.05, 0.1) is 21.1 Å². The molecule has 8 nitrogen and oxygen atoms in total. The molecule has 1 fully saturated rings. The highest BCUT2D eigenvalue weighted by atomic mass is 79.9. The lowest BCUT2D eigenvalue weighted by Gasteiger charge is -2.43. The third-order valence-corrected chi connectivity index (χ3v) is 6.07. The standard InChI is InChI=1S/C21H19BrF3N5O3.ClH/c1-8(2)27-9-5-29(6-9)17-12(23)3-10-16(15(17)22)30(7-11(18(10)31)21(32)33)20-14(25)4-13(24)19(26)28-20;/h3-4,7-9,27H,5-6H2,1-2H3,(H2,26,28)(H,32,33);1H. The van der Waals surface area contributed by atoms with E-state index in [1.54, 1.807) is 4.90 Å². The second kappa shape index (κ2) is 9.43. The van der Waals surface area contributed by atoms with Crippen LogP contribution < -0.4 is 21.4 Å². The Morgan fingerprint density at radius 3 is 2.47 bits per heavy atom. The van der Waals surface area contributed by atoms with Crippen molar-refractivity contribution in [3.8, 4) is 5.82 Å². The summed E-state index contributed by atoms with van der Waals surface area (Å²) in [4.78, 5) is 29.9. The lowest BCUT2D eigenvalue weighted by molar-refractivity contribution is 0.0695. The van der Waals surface area contributed by atoms with E-state index in [0.29, 0.717) is 19.2 Å². The number of aromatic nitrogens is 2. The van der Waals surface area contributed by atoms with Crippen LogP contribution in [0.1, 0.15) is 24.2 Å². The van der Waals surface area contributed by atoms with Gasteiger partial charge in [0.15, 0.2) is 23.3 Å². The Morgan fingerprint density at radius 2 is 1.88 bits per heavy atom. The first kappa shape index (κ1) is 25.8.